The molecule has 0 saturated heterocycles. The van der Waals surface area contributed by atoms with Crippen LogP contribution in [0.2, 0.25) is 0 Å². The number of hydrogen-bond donors (Lipinski definition) is 2. The van der Waals surface area contributed by atoms with Crippen LogP contribution in [-0.4, -0.2) is 21.9 Å². The highest BCUT2D eigenvalue weighted by molar-refractivity contribution is 7.10. The molecule has 3 N–H and O–H groups in total. The molecule has 0 fully saturated rings. The molecule has 1 heterocycles. The van der Waals surface area contributed by atoms with Gasteiger partial charge >= 0.3 is 5.97 Å². The fourth-order valence-electron chi connectivity index (χ4n) is 1.92. The van der Waals surface area contributed by atoms with E-state index >= 15 is 0 Å². The second-order valence-electron chi connectivity index (χ2n) is 6.04. The summed E-state index contributed by atoms with van der Waals surface area (Å²) in [6.07, 6.45) is 0. The van der Waals surface area contributed by atoms with Crippen molar-refractivity contribution in [2.45, 2.75) is 33.3 Å². The second-order valence-corrected chi connectivity index (χ2v) is 6.85. The van der Waals surface area contributed by atoms with E-state index in [4.69, 9.17) is 10.5 Å². The highest BCUT2D eigenvalue weighted by Crippen LogP contribution is 2.22. The van der Waals surface area contributed by atoms with Crippen LogP contribution < -0.4 is 11.1 Å². The van der Waals surface area contributed by atoms with Crippen molar-refractivity contribution in [1.29, 1.82) is 0 Å². The number of hydrogen-bond acceptors (Lipinski definition) is 6. The van der Waals surface area contributed by atoms with Crippen LogP contribution in [0.4, 0.5) is 10.7 Å². The van der Waals surface area contributed by atoms with Crippen LogP contribution in [0.15, 0.2) is 24.3 Å². The smallest absolute Gasteiger partial charge is 0.338 e. The number of carbonyl (C=O) groups excluding carboxylic acids is 2. The van der Waals surface area contributed by atoms with Gasteiger partial charge in [0, 0.05) is 5.69 Å². The van der Waals surface area contributed by atoms with E-state index in [0.29, 0.717) is 27.5 Å². The summed E-state index contributed by atoms with van der Waals surface area (Å²) < 4.78 is 9.36. The van der Waals surface area contributed by atoms with E-state index in [-0.39, 0.29) is 5.91 Å². The summed E-state index contributed by atoms with van der Waals surface area (Å²) in [5, 5.41) is 3.09. The molecule has 0 bridgehead atoms. The third-order valence-corrected chi connectivity index (χ3v) is 3.64. The van der Waals surface area contributed by atoms with Crippen LogP contribution in [-0.2, 0) is 4.74 Å². The summed E-state index contributed by atoms with van der Waals surface area (Å²) in [6.45, 7) is 7.11. The molecule has 1 aromatic heterocycles. The van der Waals surface area contributed by atoms with Gasteiger partial charge in [-0.3, -0.25) is 4.79 Å². The highest BCUT2D eigenvalue weighted by atomic mass is 32.1. The average molecular weight is 333 g/mol. The maximum absolute atomic E-state index is 12.3. The summed E-state index contributed by atoms with van der Waals surface area (Å²) >= 11 is 1.08. The molecule has 6 nitrogen and oxygen atoms in total. The second kappa shape index (κ2) is 6.37. The molecule has 0 aliphatic carbocycles. The number of aromatic nitrogens is 1. The number of rotatable bonds is 3. The van der Waals surface area contributed by atoms with Crippen molar-refractivity contribution < 1.29 is 14.3 Å². The molecule has 0 spiro atoms. The van der Waals surface area contributed by atoms with Gasteiger partial charge in [0.2, 0.25) is 0 Å². The summed E-state index contributed by atoms with van der Waals surface area (Å²) in [5.74, 6) is -0.795. The molecule has 7 heteroatoms. The van der Waals surface area contributed by atoms with E-state index in [9.17, 15) is 9.59 Å². The zero-order chi connectivity index (χ0) is 17.2. The minimum Gasteiger partial charge on any atom is -0.456 e. The van der Waals surface area contributed by atoms with Gasteiger partial charge in [-0.05, 0) is 57.4 Å². The van der Waals surface area contributed by atoms with Gasteiger partial charge in [0.25, 0.3) is 5.91 Å². The molecule has 0 aliphatic heterocycles. The first-order valence-corrected chi connectivity index (χ1v) is 7.81. The fraction of sp³-hybridized carbons (Fsp3) is 0.312. The fourth-order valence-corrected chi connectivity index (χ4v) is 2.58. The molecule has 23 heavy (non-hydrogen) atoms. The number of benzene rings is 1. The number of anilines is 2. The standard InChI is InChI=1S/C16H19N3O3S/c1-9-12(13(17)23-19-9)14(20)18-11-7-5-6-10(8-11)15(21)22-16(2,3)4/h5-8H,17H2,1-4H3,(H,18,20). The molecule has 0 radical (unpaired) electrons. The van der Waals surface area contributed by atoms with Crippen LogP contribution in [0.25, 0.3) is 0 Å². The number of ether oxygens (including phenoxy) is 1. The maximum atomic E-state index is 12.3. The Balaban J connectivity index is 2.17. The Morgan fingerprint density at radius 1 is 1.30 bits per heavy atom. The first-order chi connectivity index (χ1) is 10.7. The van der Waals surface area contributed by atoms with Gasteiger partial charge in [0.05, 0.1) is 16.8 Å². The first-order valence-electron chi connectivity index (χ1n) is 7.04. The van der Waals surface area contributed by atoms with Gasteiger partial charge in [-0.2, -0.15) is 4.37 Å². The van der Waals surface area contributed by atoms with Gasteiger partial charge in [-0.15, -0.1) is 0 Å². The number of carbonyl (C=O) groups is 2. The van der Waals surface area contributed by atoms with Crippen molar-refractivity contribution in [2.75, 3.05) is 11.1 Å². The van der Waals surface area contributed by atoms with Crippen LogP contribution in [0, 0.1) is 6.92 Å². The topological polar surface area (TPSA) is 94.3 Å². The van der Waals surface area contributed by atoms with E-state index in [1.807, 2.05) is 0 Å². The maximum Gasteiger partial charge on any atom is 0.338 e. The number of nitrogen functional groups attached to an aromatic ring is 1. The van der Waals surface area contributed by atoms with E-state index in [1.165, 1.54) is 0 Å². The van der Waals surface area contributed by atoms with Gasteiger partial charge in [-0.1, -0.05) is 6.07 Å². The lowest BCUT2D eigenvalue weighted by Crippen LogP contribution is -2.24. The van der Waals surface area contributed by atoms with Gasteiger partial charge in [0.1, 0.15) is 10.6 Å². The molecule has 1 amide bonds. The van der Waals surface area contributed by atoms with E-state index in [0.717, 1.165) is 11.5 Å². The average Bonchev–Trinajstić information content (AvgIpc) is 2.76. The predicted octanol–water partition coefficient (Wildman–Crippen LogP) is 3.24. The zero-order valence-corrected chi connectivity index (χ0v) is 14.3. The molecule has 0 unspecified atom stereocenters. The van der Waals surface area contributed by atoms with Crippen LogP contribution >= 0.6 is 11.5 Å². The Morgan fingerprint density at radius 2 is 2.00 bits per heavy atom. The van der Waals surface area contributed by atoms with Crippen LogP contribution in [0.3, 0.4) is 0 Å². The van der Waals surface area contributed by atoms with Crippen molar-refractivity contribution >= 4 is 34.1 Å². The molecule has 2 rings (SSSR count). The predicted molar refractivity (Wildman–Crippen MR) is 90.8 cm³/mol. The molecular formula is C16H19N3O3S. The van der Waals surface area contributed by atoms with Crippen molar-refractivity contribution in [3.8, 4) is 0 Å². The van der Waals surface area contributed by atoms with E-state index < -0.39 is 11.6 Å². The first kappa shape index (κ1) is 17.0. The zero-order valence-electron chi connectivity index (χ0n) is 13.5. The number of esters is 1. The third-order valence-electron chi connectivity index (χ3n) is 2.87. The number of amides is 1. The molecule has 0 aliphatic rings. The Kier molecular flexibility index (Phi) is 4.70. The molecule has 0 saturated carbocycles. The number of aryl methyl sites for hydroxylation is 1. The van der Waals surface area contributed by atoms with Crippen LogP contribution in [0.5, 0.6) is 0 Å². The Bertz CT molecular complexity index is 728. The minimum atomic E-state index is -0.579. The normalized spacial score (nSPS) is 11.1. The molecule has 122 valence electrons. The third kappa shape index (κ3) is 4.29. The van der Waals surface area contributed by atoms with Crippen molar-refractivity contribution in [3.05, 3.63) is 41.1 Å². The number of nitrogens with zero attached hydrogens (tertiary/aromatic N) is 1. The quantitative estimate of drug-likeness (QED) is 0.841. The minimum absolute atomic E-state index is 0.352. The summed E-state index contributed by atoms with van der Waals surface area (Å²) in [5.41, 5.74) is 6.98. The lowest BCUT2D eigenvalue weighted by Gasteiger charge is -2.19. The van der Waals surface area contributed by atoms with Gasteiger partial charge < -0.3 is 15.8 Å². The monoisotopic (exact) mass is 333 g/mol. The summed E-state index contributed by atoms with van der Waals surface area (Å²) in [4.78, 5) is 24.4. The SMILES string of the molecule is Cc1nsc(N)c1C(=O)Nc1cccc(C(=O)OC(C)(C)C)c1. The highest BCUT2D eigenvalue weighted by Gasteiger charge is 2.19. The van der Waals surface area contributed by atoms with Crippen molar-refractivity contribution in [2.24, 2.45) is 0 Å². The van der Waals surface area contributed by atoms with E-state index in [2.05, 4.69) is 9.69 Å². The number of nitrogens with two attached hydrogens (primary N) is 1. The molecule has 0 atom stereocenters. The van der Waals surface area contributed by atoms with Gasteiger partial charge in [-0.25, -0.2) is 4.79 Å². The largest absolute Gasteiger partial charge is 0.456 e. The van der Waals surface area contributed by atoms with E-state index in [1.54, 1.807) is 52.0 Å². The molecule has 2 aromatic rings. The Hall–Kier alpha value is -2.41. The lowest BCUT2D eigenvalue weighted by atomic mass is 10.1. The summed E-state index contributed by atoms with van der Waals surface area (Å²) in [6, 6.07) is 6.57. The van der Waals surface area contributed by atoms with Crippen molar-refractivity contribution in [1.82, 2.24) is 4.37 Å². The lowest BCUT2D eigenvalue weighted by molar-refractivity contribution is 0.00694. The molecular weight excluding hydrogens is 314 g/mol. The van der Waals surface area contributed by atoms with Gasteiger partial charge in [0.15, 0.2) is 0 Å². The van der Waals surface area contributed by atoms with Crippen molar-refractivity contribution in [3.63, 3.8) is 0 Å². The molecule has 1 aromatic carbocycles. The van der Waals surface area contributed by atoms with Crippen LogP contribution in [0.1, 0.15) is 47.2 Å². The summed E-state index contributed by atoms with van der Waals surface area (Å²) in [7, 11) is 0. The Labute approximate surface area is 138 Å². The Morgan fingerprint density at radius 3 is 2.57 bits per heavy atom. The number of nitrogens with one attached hydrogen (secondary N) is 1.